The summed E-state index contributed by atoms with van der Waals surface area (Å²) >= 11 is 0. The average molecular weight is 625 g/mol. The molecule has 0 aromatic heterocycles. The van der Waals surface area contributed by atoms with Crippen molar-refractivity contribution in [1.82, 2.24) is 0 Å². The largest absolute Gasteiger partial charge is 0.506 e. The van der Waals surface area contributed by atoms with E-state index in [1.54, 1.807) is 13.8 Å². The third-order valence-electron chi connectivity index (χ3n) is 9.79. The molecule has 4 N–H and O–H groups in total. The highest BCUT2D eigenvalue weighted by atomic mass is 16.6. The number of carbonyl (C=O) groups is 5. The molecule has 0 spiro atoms. The van der Waals surface area contributed by atoms with E-state index < -0.39 is 99.9 Å². The summed E-state index contributed by atoms with van der Waals surface area (Å²) in [5, 5.41) is 45.3. The molecule has 2 aromatic carbocycles. The van der Waals surface area contributed by atoms with E-state index in [1.165, 1.54) is 24.3 Å². The van der Waals surface area contributed by atoms with E-state index in [9.17, 15) is 44.4 Å². The Morgan fingerprint density at radius 1 is 0.911 bits per heavy atom. The van der Waals surface area contributed by atoms with Crippen LogP contribution in [-0.2, 0) is 28.6 Å². The van der Waals surface area contributed by atoms with Gasteiger partial charge in [-0.3, -0.25) is 14.4 Å². The number of benzene rings is 2. The topological polar surface area (TPSA) is 212 Å². The van der Waals surface area contributed by atoms with Gasteiger partial charge in [0.25, 0.3) is 5.60 Å². The van der Waals surface area contributed by atoms with Crippen LogP contribution in [0.1, 0.15) is 53.8 Å². The highest BCUT2D eigenvalue weighted by molar-refractivity contribution is 6.15. The van der Waals surface area contributed by atoms with Gasteiger partial charge in [0.15, 0.2) is 11.9 Å². The summed E-state index contributed by atoms with van der Waals surface area (Å²) in [5.74, 6) is -7.47. The lowest BCUT2D eigenvalue weighted by atomic mass is 9.62. The molecule has 14 nitrogen and oxygen atoms in total. The van der Waals surface area contributed by atoms with E-state index in [4.69, 9.17) is 23.7 Å². The van der Waals surface area contributed by atoms with Gasteiger partial charge < -0.3 is 44.1 Å². The molecule has 8 atom stereocenters. The number of phenols is 2. The maximum atomic E-state index is 13.9. The summed E-state index contributed by atoms with van der Waals surface area (Å²) in [4.78, 5) is 65.4. The lowest BCUT2D eigenvalue weighted by Gasteiger charge is -2.49. The van der Waals surface area contributed by atoms with Crippen LogP contribution in [0.5, 0.6) is 23.0 Å². The normalized spacial score (nSPS) is 36.2. The fourth-order valence-electron chi connectivity index (χ4n) is 7.58. The molecule has 4 aliphatic heterocycles. The number of Topliss-reactive ketones (excluding diaryl/α,β-unsaturated/α-hetero) is 2. The van der Waals surface area contributed by atoms with Crippen LogP contribution in [0, 0.1) is 11.8 Å². The molecule has 7 rings (SSSR count). The summed E-state index contributed by atoms with van der Waals surface area (Å²) in [5.41, 5.74) is -8.22. The third kappa shape index (κ3) is 3.38. The zero-order valence-electron chi connectivity index (χ0n) is 24.2. The highest BCUT2D eigenvalue weighted by Gasteiger charge is 2.81. The number of ether oxygens (including phenoxy) is 5. The Kier molecular flexibility index (Phi) is 5.92. The van der Waals surface area contributed by atoms with E-state index in [-0.39, 0.29) is 41.0 Å². The van der Waals surface area contributed by atoms with Gasteiger partial charge in [-0.1, -0.05) is 13.8 Å². The quantitative estimate of drug-likeness (QED) is 0.277. The maximum absolute atomic E-state index is 13.9. The molecule has 236 valence electrons. The SMILES string of the molecule is COC(=O)C1(C2OC(=O)CC2C)CC(=O)c2c(ccc(-c3ccc4c(c3O)C(=O)C3(O)C5CC(C)C(O)C3(O4)C(=O)O5)c2O)O1. The van der Waals surface area contributed by atoms with Crippen LogP contribution in [0.2, 0.25) is 0 Å². The van der Waals surface area contributed by atoms with Crippen LogP contribution < -0.4 is 9.47 Å². The molecule has 45 heavy (non-hydrogen) atoms. The van der Waals surface area contributed by atoms with Crippen molar-refractivity contribution in [3.05, 3.63) is 35.4 Å². The van der Waals surface area contributed by atoms with E-state index in [2.05, 4.69) is 0 Å². The van der Waals surface area contributed by atoms with Crippen LogP contribution in [0.3, 0.4) is 0 Å². The van der Waals surface area contributed by atoms with Crippen molar-refractivity contribution in [2.45, 2.75) is 68.2 Å². The standard InChI is InChI=1S/C31H28O14/c1-11-8-18-30(40)25(37)21-17(45-31(30,24(11)36)28(39)42-18)7-5-14(23(21)35)13-4-6-16-20(22(13)34)15(32)10-29(44-16,27(38)41-3)26-12(2)9-19(33)43-26/h4-7,11-12,18,24,26,34-36,40H,8-10H2,1-3H3. The second-order valence-electron chi connectivity index (χ2n) is 12.3. The van der Waals surface area contributed by atoms with Gasteiger partial charge in [0.1, 0.15) is 46.3 Å². The fourth-order valence-corrected chi connectivity index (χ4v) is 7.58. The first-order chi connectivity index (χ1) is 21.2. The molecular weight excluding hydrogens is 596 g/mol. The lowest BCUT2D eigenvalue weighted by Crippen LogP contribution is -2.76. The van der Waals surface area contributed by atoms with Gasteiger partial charge in [0, 0.05) is 17.0 Å². The van der Waals surface area contributed by atoms with Gasteiger partial charge >= 0.3 is 17.9 Å². The van der Waals surface area contributed by atoms with Crippen molar-refractivity contribution in [3.8, 4) is 34.1 Å². The average Bonchev–Trinajstić information content (AvgIpc) is 3.42. The first-order valence-corrected chi connectivity index (χ1v) is 14.3. The number of aliphatic hydroxyl groups is 2. The van der Waals surface area contributed by atoms with Crippen LogP contribution in [-0.4, -0.2) is 92.1 Å². The molecule has 1 aliphatic carbocycles. The van der Waals surface area contributed by atoms with E-state index in [0.717, 1.165) is 7.11 Å². The molecule has 5 aliphatic rings. The predicted octanol–water partition coefficient (Wildman–Crippen LogP) is 0.964. The molecule has 0 radical (unpaired) electrons. The van der Waals surface area contributed by atoms with Crippen LogP contribution in [0.25, 0.3) is 11.1 Å². The zero-order chi connectivity index (χ0) is 32.4. The number of cyclic esters (lactones) is 1. The number of hydrogen-bond donors (Lipinski definition) is 4. The highest BCUT2D eigenvalue weighted by Crippen LogP contribution is 2.58. The van der Waals surface area contributed by atoms with E-state index in [1.807, 2.05) is 0 Å². The third-order valence-corrected chi connectivity index (χ3v) is 9.79. The molecular formula is C31H28O14. The van der Waals surface area contributed by atoms with Crippen LogP contribution >= 0.6 is 0 Å². The molecule has 14 heteroatoms. The van der Waals surface area contributed by atoms with Gasteiger partial charge in [-0.05, 0) is 36.6 Å². The minimum atomic E-state index is -2.65. The monoisotopic (exact) mass is 624 g/mol. The molecule has 2 saturated heterocycles. The number of esters is 3. The Morgan fingerprint density at radius 2 is 1.53 bits per heavy atom. The number of aliphatic hydroxyl groups excluding tert-OH is 1. The number of ketones is 2. The van der Waals surface area contributed by atoms with Crippen molar-refractivity contribution in [3.63, 3.8) is 0 Å². The van der Waals surface area contributed by atoms with Crippen molar-refractivity contribution >= 4 is 29.5 Å². The number of aromatic hydroxyl groups is 2. The number of methoxy groups -OCH3 is 1. The maximum Gasteiger partial charge on any atom is 0.357 e. The Bertz CT molecular complexity index is 1750. The Labute approximate surface area is 254 Å². The summed E-state index contributed by atoms with van der Waals surface area (Å²) in [6.07, 6.45) is -4.79. The van der Waals surface area contributed by atoms with Crippen molar-refractivity contribution in [1.29, 1.82) is 0 Å². The number of carbonyl (C=O) groups excluding carboxylic acids is 5. The molecule has 2 aromatic rings. The Morgan fingerprint density at radius 3 is 2.13 bits per heavy atom. The number of rotatable bonds is 3. The van der Waals surface area contributed by atoms with Crippen LogP contribution in [0.4, 0.5) is 0 Å². The minimum Gasteiger partial charge on any atom is -0.506 e. The first kappa shape index (κ1) is 29.0. The lowest BCUT2D eigenvalue weighted by molar-refractivity contribution is -0.192. The molecule has 0 amide bonds. The van der Waals surface area contributed by atoms with Crippen LogP contribution in [0.15, 0.2) is 24.3 Å². The number of fused-ring (bicyclic) bond motifs is 2. The van der Waals surface area contributed by atoms with Gasteiger partial charge in [-0.15, -0.1) is 0 Å². The zero-order valence-corrected chi connectivity index (χ0v) is 24.2. The molecule has 4 heterocycles. The van der Waals surface area contributed by atoms with Crippen molar-refractivity contribution in [2.75, 3.05) is 7.11 Å². The van der Waals surface area contributed by atoms with Gasteiger partial charge in [-0.2, -0.15) is 0 Å². The summed E-state index contributed by atoms with van der Waals surface area (Å²) in [6.45, 7) is 3.28. The predicted molar refractivity (Wildman–Crippen MR) is 145 cm³/mol. The second-order valence-corrected chi connectivity index (χ2v) is 12.3. The van der Waals surface area contributed by atoms with E-state index in [0.29, 0.717) is 0 Å². The van der Waals surface area contributed by atoms with Crippen molar-refractivity contribution in [2.24, 2.45) is 11.8 Å². The molecule has 8 unspecified atom stereocenters. The first-order valence-electron chi connectivity index (χ1n) is 14.3. The molecule has 2 bridgehead atoms. The summed E-state index contributed by atoms with van der Waals surface area (Å²) in [6, 6.07) is 5.02. The van der Waals surface area contributed by atoms with Gasteiger partial charge in [-0.25, -0.2) is 9.59 Å². The number of hydrogen-bond acceptors (Lipinski definition) is 14. The van der Waals surface area contributed by atoms with Gasteiger partial charge in [0.2, 0.25) is 17.0 Å². The Hall–Kier alpha value is -4.69. The van der Waals surface area contributed by atoms with Gasteiger partial charge in [0.05, 0.1) is 20.0 Å². The smallest absolute Gasteiger partial charge is 0.357 e. The second kappa shape index (κ2) is 9.17. The van der Waals surface area contributed by atoms with Crippen molar-refractivity contribution < 1.29 is 68.1 Å². The fraction of sp³-hybridized carbons (Fsp3) is 0.452. The summed E-state index contributed by atoms with van der Waals surface area (Å²) in [7, 11) is 1.10. The summed E-state index contributed by atoms with van der Waals surface area (Å²) < 4.78 is 27.4. The number of phenolic OH excluding ortho intramolecular Hbond substituents is 2. The Balaban J connectivity index is 1.32. The minimum absolute atomic E-state index is 0.00664. The molecule has 1 saturated carbocycles. The molecule has 3 fully saturated rings. The van der Waals surface area contributed by atoms with E-state index >= 15 is 0 Å².